The highest BCUT2D eigenvalue weighted by molar-refractivity contribution is 5.59. The van der Waals surface area contributed by atoms with Crippen molar-refractivity contribution >= 4 is 5.69 Å². The Morgan fingerprint density at radius 3 is 2.95 bits per heavy atom. The van der Waals surface area contributed by atoms with Crippen molar-refractivity contribution in [3.8, 4) is 0 Å². The average molecular weight is 260 g/mol. The number of hydrogen-bond donors (Lipinski definition) is 1. The molecule has 1 saturated heterocycles. The molecule has 3 rings (SSSR count). The molecule has 104 valence electrons. The molecule has 2 aliphatic heterocycles. The zero-order chi connectivity index (χ0) is 13.5. The van der Waals surface area contributed by atoms with Crippen molar-refractivity contribution < 1.29 is 5.11 Å². The number of rotatable bonds is 2. The third-order valence-corrected chi connectivity index (χ3v) is 4.56. The lowest BCUT2D eigenvalue weighted by molar-refractivity contribution is -0.0171. The molecule has 0 amide bonds. The summed E-state index contributed by atoms with van der Waals surface area (Å²) in [6.07, 6.45) is 3.11. The van der Waals surface area contributed by atoms with E-state index in [1.807, 2.05) is 0 Å². The second-order valence-corrected chi connectivity index (χ2v) is 6.38. The number of aliphatic hydroxyl groups is 1. The number of piperidine rings is 1. The normalized spacial score (nSPS) is 31.5. The number of likely N-dealkylation sites (tertiary alicyclic amines) is 1. The number of anilines is 1. The van der Waals surface area contributed by atoms with Gasteiger partial charge in [0.2, 0.25) is 0 Å². The van der Waals surface area contributed by atoms with Gasteiger partial charge in [-0.2, -0.15) is 0 Å². The number of likely N-dealkylation sites (N-methyl/N-ethyl adjacent to an activating group) is 1. The zero-order valence-electron chi connectivity index (χ0n) is 12.0. The SMILES string of the molecule is C[C@H]1Cc2ccccc2N1C[C@@]1(O)CCCN(C)C1. The molecule has 0 unspecified atom stereocenters. The topological polar surface area (TPSA) is 26.7 Å². The highest BCUT2D eigenvalue weighted by atomic mass is 16.3. The van der Waals surface area contributed by atoms with Gasteiger partial charge in [-0.05, 0) is 51.4 Å². The molecular weight excluding hydrogens is 236 g/mol. The molecule has 2 heterocycles. The third-order valence-electron chi connectivity index (χ3n) is 4.56. The fraction of sp³-hybridized carbons (Fsp3) is 0.625. The van der Waals surface area contributed by atoms with Crippen molar-refractivity contribution in [2.24, 2.45) is 0 Å². The van der Waals surface area contributed by atoms with Crippen LogP contribution >= 0.6 is 0 Å². The Hall–Kier alpha value is -1.06. The van der Waals surface area contributed by atoms with Crippen molar-refractivity contribution in [2.45, 2.75) is 37.8 Å². The van der Waals surface area contributed by atoms with E-state index in [1.165, 1.54) is 11.3 Å². The number of β-amino-alcohol motifs (C(OH)–C–C–N with tert-alkyl or cyclic N) is 1. The van der Waals surface area contributed by atoms with Crippen LogP contribution in [0.2, 0.25) is 0 Å². The third kappa shape index (κ3) is 2.49. The highest BCUT2D eigenvalue weighted by Gasteiger charge is 2.37. The Balaban J connectivity index is 1.79. The van der Waals surface area contributed by atoms with Crippen LogP contribution in [-0.4, -0.2) is 48.3 Å². The van der Waals surface area contributed by atoms with Gasteiger partial charge in [0.25, 0.3) is 0 Å². The first-order valence-corrected chi connectivity index (χ1v) is 7.33. The van der Waals surface area contributed by atoms with Crippen LogP contribution < -0.4 is 4.90 Å². The molecule has 2 atom stereocenters. The maximum absolute atomic E-state index is 10.9. The molecule has 0 bridgehead atoms. The van der Waals surface area contributed by atoms with Crippen LogP contribution in [-0.2, 0) is 6.42 Å². The molecule has 2 aliphatic rings. The van der Waals surface area contributed by atoms with Gasteiger partial charge in [-0.1, -0.05) is 18.2 Å². The lowest BCUT2D eigenvalue weighted by Crippen LogP contribution is -2.54. The van der Waals surface area contributed by atoms with E-state index in [9.17, 15) is 5.11 Å². The molecule has 0 spiro atoms. The summed E-state index contributed by atoms with van der Waals surface area (Å²) in [5.41, 5.74) is 2.18. The van der Waals surface area contributed by atoms with Crippen molar-refractivity contribution in [3.05, 3.63) is 29.8 Å². The van der Waals surface area contributed by atoms with Crippen LogP contribution in [0.3, 0.4) is 0 Å². The summed E-state index contributed by atoms with van der Waals surface area (Å²) in [4.78, 5) is 4.64. The first-order chi connectivity index (χ1) is 9.07. The van der Waals surface area contributed by atoms with Gasteiger partial charge in [0.1, 0.15) is 0 Å². The van der Waals surface area contributed by atoms with E-state index in [1.54, 1.807) is 0 Å². The summed E-state index contributed by atoms with van der Waals surface area (Å²) in [6.45, 7) is 4.91. The van der Waals surface area contributed by atoms with Crippen LogP contribution in [0.1, 0.15) is 25.3 Å². The largest absolute Gasteiger partial charge is 0.387 e. The van der Waals surface area contributed by atoms with Crippen molar-refractivity contribution in [2.75, 3.05) is 31.6 Å². The Morgan fingerprint density at radius 2 is 2.16 bits per heavy atom. The van der Waals surface area contributed by atoms with Gasteiger partial charge in [0.15, 0.2) is 0 Å². The summed E-state index contributed by atoms with van der Waals surface area (Å²) in [7, 11) is 2.10. The molecule has 3 heteroatoms. The predicted octanol–water partition coefficient (Wildman–Crippen LogP) is 1.89. The van der Waals surface area contributed by atoms with Crippen LogP contribution in [0.25, 0.3) is 0 Å². The standard InChI is InChI=1S/C16H24N2O/c1-13-10-14-6-3-4-7-15(14)18(13)12-16(19)8-5-9-17(2)11-16/h3-4,6-7,13,19H,5,8-12H2,1-2H3/t13-,16+/m0/s1. The zero-order valence-corrected chi connectivity index (χ0v) is 12.0. The number of benzene rings is 1. The Labute approximate surface area is 115 Å². The van der Waals surface area contributed by atoms with Gasteiger partial charge in [-0.15, -0.1) is 0 Å². The number of nitrogens with zero attached hydrogens (tertiary/aromatic N) is 2. The summed E-state index contributed by atoms with van der Waals surface area (Å²) in [6, 6.07) is 9.10. The Morgan fingerprint density at radius 1 is 1.37 bits per heavy atom. The fourth-order valence-electron chi connectivity index (χ4n) is 3.66. The minimum Gasteiger partial charge on any atom is -0.387 e. The summed E-state index contributed by atoms with van der Waals surface area (Å²) >= 11 is 0. The molecule has 0 radical (unpaired) electrons. The molecule has 0 saturated carbocycles. The van der Waals surface area contributed by atoms with Gasteiger partial charge in [-0.25, -0.2) is 0 Å². The van der Waals surface area contributed by atoms with Crippen molar-refractivity contribution in [1.82, 2.24) is 4.90 Å². The predicted molar refractivity (Wildman–Crippen MR) is 78.6 cm³/mol. The minimum atomic E-state index is -0.557. The van der Waals surface area contributed by atoms with E-state index < -0.39 is 5.60 Å². The van der Waals surface area contributed by atoms with Crippen molar-refractivity contribution in [1.29, 1.82) is 0 Å². The maximum atomic E-state index is 10.9. The molecular formula is C16H24N2O. The van der Waals surface area contributed by atoms with E-state index in [0.29, 0.717) is 6.04 Å². The first-order valence-electron chi connectivity index (χ1n) is 7.33. The molecule has 3 nitrogen and oxygen atoms in total. The van der Waals surface area contributed by atoms with Crippen LogP contribution in [0.5, 0.6) is 0 Å². The smallest absolute Gasteiger partial charge is 0.0948 e. The van der Waals surface area contributed by atoms with Gasteiger partial charge in [-0.3, -0.25) is 0 Å². The van der Waals surface area contributed by atoms with Gasteiger partial charge >= 0.3 is 0 Å². The van der Waals surface area contributed by atoms with Crippen LogP contribution in [0.15, 0.2) is 24.3 Å². The van der Waals surface area contributed by atoms with E-state index >= 15 is 0 Å². The molecule has 0 aliphatic carbocycles. The molecule has 1 fully saturated rings. The molecule has 1 aromatic rings. The summed E-state index contributed by atoms with van der Waals surface area (Å²) in [5, 5.41) is 10.9. The number of para-hydroxylation sites is 1. The average Bonchev–Trinajstić information content (AvgIpc) is 2.65. The molecule has 19 heavy (non-hydrogen) atoms. The second-order valence-electron chi connectivity index (χ2n) is 6.38. The maximum Gasteiger partial charge on any atom is 0.0948 e. The lowest BCUT2D eigenvalue weighted by atomic mass is 9.92. The van der Waals surface area contributed by atoms with E-state index in [0.717, 1.165) is 38.9 Å². The second kappa shape index (κ2) is 4.80. The van der Waals surface area contributed by atoms with Crippen LogP contribution in [0, 0.1) is 0 Å². The van der Waals surface area contributed by atoms with Gasteiger partial charge < -0.3 is 14.9 Å². The fourth-order valence-corrected chi connectivity index (χ4v) is 3.66. The van der Waals surface area contributed by atoms with Gasteiger partial charge in [0.05, 0.1) is 5.60 Å². The first kappa shape index (κ1) is 12.9. The quantitative estimate of drug-likeness (QED) is 0.880. The van der Waals surface area contributed by atoms with Crippen molar-refractivity contribution in [3.63, 3.8) is 0 Å². The molecule has 1 aromatic carbocycles. The van der Waals surface area contributed by atoms with Crippen LogP contribution in [0.4, 0.5) is 5.69 Å². The summed E-state index contributed by atoms with van der Waals surface area (Å²) in [5.74, 6) is 0. The summed E-state index contributed by atoms with van der Waals surface area (Å²) < 4.78 is 0. The minimum absolute atomic E-state index is 0.494. The monoisotopic (exact) mass is 260 g/mol. The van der Waals surface area contributed by atoms with E-state index in [2.05, 4.69) is 48.0 Å². The molecule has 0 aromatic heterocycles. The molecule has 1 N–H and O–H groups in total. The number of fused-ring (bicyclic) bond motifs is 1. The van der Waals surface area contributed by atoms with Gasteiger partial charge in [0, 0.05) is 24.8 Å². The van der Waals surface area contributed by atoms with E-state index in [4.69, 9.17) is 0 Å². The number of hydrogen-bond acceptors (Lipinski definition) is 3. The lowest BCUT2D eigenvalue weighted by Gasteiger charge is -2.41. The van der Waals surface area contributed by atoms with E-state index in [-0.39, 0.29) is 0 Å². The Bertz CT molecular complexity index is 462. The Kier molecular flexibility index (Phi) is 3.27. The highest BCUT2D eigenvalue weighted by Crippen LogP contribution is 2.34.